The van der Waals surface area contributed by atoms with Crippen LogP contribution in [0.4, 0.5) is 0 Å². The van der Waals surface area contributed by atoms with Gasteiger partial charge in [0.05, 0.1) is 17.8 Å². The monoisotopic (exact) mass is 304 g/mol. The summed E-state index contributed by atoms with van der Waals surface area (Å²) in [6.45, 7) is 1.64. The lowest BCUT2D eigenvalue weighted by atomic mass is 9.68. The highest BCUT2D eigenvalue weighted by molar-refractivity contribution is 6.26. The Hall–Kier alpha value is -1.76. The fourth-order valence-corrected chi connectivity index (χ4v) is 4.01. The molecule has 4 atom stereocenters. The fourth-order valence-electron chi connectivity index (χ4n) is 4.01. The van der Waals surface area contributed by atoms with Crippen LogP contribution in [0.15, 0.2) is 18.2 Å². The van der Waals surface area contributed by atoms with Gasteiger partial charge in [-0.05, 0) is 19.4 Å². The number of rotatable bonds is 2. The SMILES string of the molecule is C[C@@H]1O[C@@H](CCO)CC23OC12C(=O)c1c(O)cccc1C3=O. The number of aliphatic hydroxyl groups is 1. The minimum atomic E-state index is -1.33. The number of carbonyl (C=O) groups excluding carboxylic acids is 2. The number of hydrogen-bond acceptors (Lipinski definition) is 6. The molecule has 2 N–H and O–H groups in total. The average Bonchev–Trinajstić information content (AvgIpc) is 3.18. The van der Waals surface area contributed by atoms with E-state index in [2.05, 4.69) is 0 Å². The first-order valence-electron chi connectivity index (χ1n) is 7.36. The molecule has 6 nitrogen and oxygen atoms in total. The van der Waals surface area contributed by atoms with Crippen LogP contribution in [0, 0.1) is 0 Å². The molecule has 0 radical (unpaired) electrons. The third-order valence-electron chi connectivity index (χ3n) is 5.05. The van der Waals surface area contributed by atoms with Crippen LogP contribution >= 0.6 is 0 Å². The molecule has 0 amide bonds. The van der Waals surface area contributed by atoms with Crippen molar-refractivity contribution in [3.8, 4) is 5.75 Å². The number of aromatic hydroxyl groups is 1. The van der Waals surface area contributed by atoms with Crippen LogP contribution in [0.25, 0.3) is 0 Å². The maximum atomic E-state index is 12.9. The predicted molar refractivity (Wildman–Crippen MR) is 74.0 cm³/mol. The molecule has 22 heavy (non-hydrogen) atoms. The Morgan fingerprint density at radius 3 is 2.82 bits per heavy atom. The van der Waals surface area contributed by atoms with Crippen molar-refractivity contribution in [3.63, 3.8) is 0 Å². The molecule has 0 saturated carbocycles. The van der Waals surface area contributed by atoms with Gasteiger partial charge >= 0.3 is 0 Å². The van der Waals surface area contributed by atoms with E-state index in [0.717, 1.165) is 0 Å². The summed E-state index contributed by atoms with van der Waals surface area (Å²) in [5.74, 6) is -0.884. The maximum Gasteiger partial charge on any atom is 0.205 e. The molecule has 2 saturated heterocycles. The number of Topliss-reactive ketones (excluding diaryl/α,β-unsaturated/α-hetero) is 2. The Kier molecular flexibility index (Phi) is 2.62. The summed E-state index contributed by atoms with van der Waals surface area (Å²) in [6, 6.07) is 4.47. The molecule has 0 bridgehead atoms. The van der Waals surface area contributed by atoms with Crippen LogP contribution in [0.3, 0.4) is 0 Å². The van der Waals surface area contributed by atoms with Crippen LogP contribution < -0.4 is 0 Å². The zero-order valence-corrected chi connectivity index (χ0v) is 12.0. The van der Waals surface area contributed by atoms with Crippen molar-refractivity contribution in [1.82, 2.24) is 0 Å². The molecule has 0 aromatic heterocycles. The number of ether oxygens (including phenoxy) is 2. The summed E-state index contributed by atoms with van der Waals surface area (Å²) in [4.78, 5) is 25.8. The quantitative estimate of drug-likeness (QED) is 0.786. The number of epoxide rings is 1. The normalized spacial score (nSPS) is 39.0. The van der Waals surface area contributed by atoms with E-state index >= 15 is 0 Å². The highest BCUT2D eigenvalue weighted by atomic mass is 16.7. The van der Waals surface area contributed by atoms with Crippen LogP contribution in [0.2, 0.25) is 0 Å². The van der Waals surface area contributed by atoms with Crippen LogP contribution in [-0.2, 0) is 9.47 Å². The zero-order chi connectivity index (χ0) is 15.7. The Labute approximate surface area is 126 Å². The van der Waals surface area contributed by atoms with Gasteiger partial charge in [-0.25, -0.2) is 0 Å². The molecule has 2 aliphatic heterocycles. The molecule has 4 rings (SSSR count). The van der Waals surface area contributed by atoms with Gasteiger partial charge in [-0.1, -0.05) is 12.1 Å². The molecule has 6 heteroatoms. The molecule has 3 aliphatic rings. The molecule has 116 valence electrons. The first kappa shape index (κ1) is 13.9. The van der Waals surface area contributed by atoms with E-state index in [1.807, 2.05) is 0 Å². The molecule has 1 aromatic rings. The van der Waals surface area contributed by atoms with E-state index < -0.39 is 23.1 Å². The minimum Gasteiger partial charge on any atom is -0.507 e. The number of aliphatic hydroxyl groups excluding tert-OH is 1. The number of fused-ring (bicyclic) bond motifs is 1. The van der Waals surface area contributed by atoms with Gasteiger partial charge in [0, 0.05) is 18.6 Å². The molecule has 1 aliphatic carbocycles. The van der Waals surface area contributed by atoms with Crippen molar-refractivity contribution >= 4 is 11.6 Å². The molecular formula is C16H16O6. The van der Waals surface area contributed by atoms with E-state index in [9.17, 15) is 14.7 Å². The van der Waals surface area contributed by atoms with Gasteiger partial charge in [-0.2, -0.15) is 0 Å². The summed E-state index contributed by atoms with van der Waals surface area (Å²) in [6.07, 6.45) is -0.300. The smallest absolute Gasteiger partial charge is 0.205 e. The lowest BCUT2D eigenvalue weighted by molar-refractivity contribution is -0.0622. The first-order valence-corrected chi connectivity index (χ1v) is 7.36. The summed E-state index contributed by atoms with van der Waals surface area (Å²) < 4.78 is 11.5. The molecule has 2 heterocycles. The number of hydrogen-bond donors (Lipinski definition) is 2. The summed E-state index contributed by atoms with van der Waals surface area (Å²) in [7, 11) is 0. The van der Waals surface area contributed by atoms with Crippen LogP contribution in [-0.4, -0.2) is 51.8 Å². The molecule has 1 aromatic carbocycles. The largest absolute Gasteiger partial charge is 0.507 e. The van der Waals surface area contributed by atoms with Crippen molar-refractivity contribution < 1.29 is 29.3 Å². The summed E-state index contributed by atoms with van der Waals surface area (Å²) in [5, 5.41) is 19.1. The summed E-state index contributed by atoms with van der Waals surface area (Å²) in [5.41, 5.74) is -2.31. The van der Waals surface area contributed by atoms with E-state index in [4.69, 9.17) is 14.6 Å². The van der Waals surface area contributed by atoms with Gasteiger partial charge in [-0.3, -0.25) is 9.59 Å². The number of ketones is 2. The average molecular weight is 304 g/mol. The first-order chi connectivity index (χ1) is 10.5. The van der Waals surface area contributed by atoms with Crippen molar-refractivity contribution in [2.45, 2.75) is 43.2 Å². The number of benzene rings is 1. The second-order valence-electron chi connectivity index (χ2n) is 6.14. The van der Waals surface area contributed by atoms with E-state index in [0.29, 0.717) is 6.42 Å². The van der Waals surface area contributed by atoms with Crippen molar-refractivity contribution in [2.24, 2.45) is 0 Å². The van der Waals surface area contributed by atoms with Gasteiger partial charge < -0.3 is 19.7 Å². The second kappa shape index (κ2) is 4.16. The van der Waals surface area contributed by atoms with Gasteiger partial charge in [0.15, 0.2) is 17.0 Å². The fraction of sp³-hybridized carbons (Fsp3) is 0.500. The van der Waals surface area contributed by atoms with Gasteiger partial charge in [0.2, 0.25) is 5.78 Å². The van der Waals surface area contributed by atoms with Crippen LogP contribution in [0.5, 0.6) is 5.75 Å². The maximum absolute atomic E-state index is 12.9. The number of carbonyl (C=O) groups is 2. The second-order valence-corrected chi connectivity index (χ2v) is 6.14. The van der Waals surface area contributed by atoms with Gasteiger partial charge in [-0.15, -0.1) is 0 Å². The van der Waals surface area contributed by atoms with E-state index in [1.165, 1.54) is 12.1 Å². The topological polar surface area (TPSA) is 96.4 Å². The lowest BCUT2D eigenvalue weighted by Crippen LogP contribution is -2.57. The lowest BCUT2D eigenvalue weighted by Gasteiger charge is -2.37. The molecular weight excluding hydrogens is 288 g/mol. The molecule has 2 fully saturated rings. The molecule has 0 spiro atoms. The Morgan fingerprint density at radius 1 is 1.32 bits per heavy atom. The standard InChI is InChI=1S/C16H16O6/c1-8-16-14(20)12-10(3-2-4-11(12)18)13(19)15(16,22-16)7-9(21-8)5-6-17/h2-4,8-9,17-18H,5-7H2,1H3/t8-,9-,15?,16?/m0/s1. The zero-order valence-electron chi connectivity index (χ0n) is 12.0. The highest BCUT2D eigenvalue weighted by Crippen LogP contribution is 2.63. The third kappa shape index (κ3) is 1.36. The van der Waals surface area contributed by atoms with E-state index in [-0.39, 0.29) is 41.8 Å². The Morgan fingerprint density at radius 2 is 2.09 bits per heavy atom. The van der Waals surface area contributed by atoms with Gasteiger partial charge in [0.25, 0.3) is 0 Å². The predicted octanol–water partition coefficient (Wildman–Crippen LogP) is 0.839. The molecule has 2 unspecified atom stereocenters. The van der Waals surface area contributed by atoms with Crippen LogP contribution in [0.1, 0.15) is 40.5 Å². The number of phenolic OH excluding ortho intramolecular Hbond substituents is 1. The van der Waals surface area contributed by atoms with Crippen molar-refractivity contribution in [2.75, 3.05) is 6.61 Å². The van der Waals surface area contributed by atoms with E-state index in [1.54, 1.807) is 13.0 Å². The third-order valence-corrected chi connectivity index (χ3v) is 5.05. The number of phenols is 1. The Bertz CT molecular complexity index is 698. The van der Waals surface area contributed by atoms with Crippen molar-refractivity contribution in [1.29, 1.82) is 0 Å². The van der Waals surface area contributed by atoms with Gasteiger partial charge in [0.1, 0.15) is 5.75 Å². The minimum absolute atomic E-state index is 0.0247. The van der Waals surface area contributed by atoms with Crippen molar-refractivity contribution in [3.05, 3.63) is 29.3 Å². The Balaban J connectivity index is 1.86. The highest BCUT2D eigenvalue weighted by Gasteiger charge is 2.85. The summed E-state index contributed by atoms with van der Waals surface area (Å²) >= 11 is 0.